The highest BCUT2D eigenvalue weighted by molar-refractivity contribution is 5.10. The van der Waals surface area contributed by atoms with Crippen LogP contribution < -0.4 is 5.32 Å². The molecule has 1 aromatic heterocycles. The summed E-state index contributed by atoms with van der Waals surface area (Å²) >= 11 is 0. The molecule has 4 nitrogen and oxygen atoms in total. The van der Waals surface area contributed by atoms with E-state index >= 15 is 0 Å². The minimum Gasteiger partial charge on any atom is -0.388 e. The molecule has 1 aliphatic heterocycles. The second-order valence-corrected chi connectivity index (χ2v) is 5.24. The molecule has 0 bridgehead atoms. The van der Waals surface area contributed by atoms with Crippen LogP contribution in [0.1, 0.15) is 19.4 Å². The first kappa shape index (κ1) is 12.5. The maximum atomic E-state index is 10.2. The second-order valence-electron chi connectivity index (χ2n) is 5.24. The van der Waals surface area contributed by atoms with Crippen molar-refractivity contribution in [3.8, 4) is 0 Å². The Morgan fingerprint density at radius 2 is 2.24 bits per heavy atom. The van der Waals surface area contributed by atoms with E-state index in [4.69, 9.17) is 0 Å². The van der Waals surface area contributed by atoms with Crippen LogP contribution in [0.4, 0.5) is 0 Å². The van der Waals surface area contributed by atoms with E-state index in [-0.39, 0.29) is 0 Å². The van der Waals surface area contributed by atoms with Gasteiger partial charge in [-0.2, -0.15) is 0 Å². The first-order valence-electron chi connectivity index (χ1n) is 6.13. The summed E-state index contributed by atoms with van der Waals surface area (Å²) in [6.07, 6.45) is 3.63. The summed E-state index contributed by atoms with van der Waals surface area (Å²) in [5.74, 6) is 0. The third-order valence-electron chi connectivity index (χ3n) is 3.25. The molecule has 1 fully saturated rings. The lowest BCUT2D eigenvalue weighted by Crippen LogP contribution is -2.44. The summed E-state index contributed by atoms with van der Waals surface area (Å²) in [7, 11) is 0. The van der Waals surface area contributed by atoms with Gasteiger partial charge in [-0.25, -0.2) is 0 Å². The van der Waals surface area contributed by atoms with Crippen LogP contribution in [0.5, 0.6) is 0 Å². The van der Waals surface area contributed by atoms with E-state index in [0.717, 1.165) is 13.1 Å². The molecule has 0 aromatic carbocycles. The Balaban J connectivity index is 2.07. The minimum absolute atomic E-state index is 0.428. The first-order chi connectivity index (χ1) is 8.07. The zero-order chi connectivity index (χ0) is 12.3. The van der Waals surface area contributed by atoms with Gasteiger partial charge in [0.05, 0.1) is 5.60 Å². The van der Waals surface area contributed by atoms with Gasteiger partial charge < -0.3 is 10.4 Å². The summed E-state index contributed by atoms with van der Waals surface area (Å²) in [6.45, 7) is 7.21. The van der Waals surface area contributed by atoms with Gasteiger partial charge in [0.25, 0.3) is 0 Å². The molecule has 0 radical (unpaired) electrons. The van der Waals surface area contributed by atoms with Gasteiger partial charge in [-0.1, -0.05) is 0 Å². The van der Waals surface area contributed by atoms with Crippen LogP contribution >= 0.6 is 0 Å². The molecule has 1 aliphatic rings. The SMILES string of the molecule is CC1CNCC(C)(O)CN1Cc1ccncc1. The largest absolute Gasteiger partial charge is 0.388 e. The van der Waals surface area contributed by atoms with Gasteiger partial charge in [-0.05, 0) is 31.5 Å². The van der Waals surface area contributed by atoms with Gasteiger partial charge in [0, 0.05) is 44.6 Å². The van der Waals surface area contributed by atoms with Crippen LogP contribution in [0.15, 0.2) is 24.5 Å². The molecule has 0 amide bonds. The maximum absolute atomic E-state index is 10.2. The second kappa shape index (κ2) is 5.12. The van der Waals surface area contributed by atoms with Gasteiger partial charge in [0.1, 0.15) is 0 Å². The van der Waals surface area contributed by atoms with E-state index < -0.39 is 5.60 Å². The zero-order valence-electron chi connectivity index (χ0n) is 10.6. The Hall–Kier alpha value is -0.970. The Morgan fingerprint density at radius 3 is 2.94 bits per heavy atom. The van der Waals surface area contributed by atoms with Crippen molar-refractivity contribution in [3.63, 3.8) is 0 Å². The van der Waals surface area contributed by atoms with Gasteiger partial charge in [-0.15, -0.1) is 0 Å². The third-order valence-corrected chi connectivity index (χ3v) is 3.25. The van der Waals surface area contributed by atoms with Crippen molar-refractivity contribution >= 4 is 0 Å². The van der Waals surface area contributed by atoms with Crippen molar-refractivity contribution in [2.45, 2.75) is 32.0 Å². The molecule has 0 aliphatic carbocycles. The molecule has 2 heterocycles. The molecule has 17 heavy (non-hydrogen) atoms. The molecule has 4 heteroatoms. The smallest absolute Gasteiger partial charge is 0.0869 e. The normalized spacial score (nSPS) is 31.1. The topological polar surface area (TPSA) is 48.4 Å². The number of β-amino-alcohol motifs (C(OH)–C–C–N with tert-alkyl or cyclic N) is 1. The van der Waals surface area contributed by atoms with E-state index in [9.17, 15) is 5.11 Å². The quantitative estimate of drug-likeness (QED) is 0.789. The Kier molecular flexibility index (Phi) is 3.76. The number of aromatic nitrogens is 1. The fraction of sp³-hybridized carbons (Fsp3) is 0.615. The highest BCUT2D eigenvalue weighted by atomic mass is 16.3. The number of nitrogens with one attached hydrogen (secondary N) is 1. The monoisotopic (exact) mass is 235 g/mol. The summed E-state index contributed by atoms with van der Waals surface area (Å²) in [6, 6.07) is 4.48. The highest BCUT2D eigenvalue weighted by Crippen LogP contribution is 2.15. The van der Waals surface area contributed by atoms with E-state index in [1.54, 1.807) is 0 Å². The van der Waals surface area contributed by atoms with Crippen molar-refractivity contribution in [2.24, 2.45) is 0 Å². The molecule has 1 aromatic rings. The maximum Gasteiger partial charge on any atom is 0.0869 e. The first-order valence-corrected chi connectivity index (χ1v) is 6.13. The fourth-order valence-electron chi connectivity index (χ4n) is 2.26. The molecule has 94 valence electrons. The van der Waals surface area contributed by atoms with Gasteiger partial charge >= 0.3 is 0 Å². The predicted molar refractivity (Wildman–Crippen MR) is 67.6 cm³/mol. The molecule has 2 atom stereocenters. The molecular formula is C13H21N3O. The summed E-state index contributed by atoms with van der Waals surface area (Å²) in [5, 5.41) is 13.5. The summed E-state index contributed by atoms with van der Waals surface area (Å²) in [5.41, 5.74) is 0.585. The number of aliphatic hydroxyl groups is 1. The Bertz CT molecular complexity index is 353. The molecule has 2 N–H and O–H groups in total. The summed E-state index contributed by atoms with van der Waals surface area (Å²) < 4.78 is 0. The van der Waals surface area contributed by atoms with Crippen LogP contribution in [0.2, 0.25) is 0 Å². The number of hydrogen-bond donors (Lipinski definition) is 2. The molecular weight excluding hydrogens is 214 g/mol. The Labute approximate surface area is 103 Å². The lowest BCUT2D eigenvalue weighted by molar-refractivity contribution is 0.0238. The van der Waals surface area contributed by atoms with Crippen LogP contribution in [0.3, 0.4) is 0 Å². The van der Waals surface area contributed by atoms with Gasteiger partial charge in [0.15, 0.2) is 0 Å². The molecule has 0 saturated carbocycles. The molecule has 2 unspecified atom stereocenters. The standard InChI is InChI=1S/C13H21N3O/c1-11-7-15-9-13(2,17)10-16(11)8-12-3-5-14-6-4-12/h3-6,11,15,17H,7-10H2,1-2H3. The van der Waals surface area contributed by atoms with Crippen molar-refractivity contribution in [2.75, 3.05) is 19.6 Å². The number of pyridine rings is 1. The van der Waals surface area contributed by atoms with E-state index in [0.29, 0.717) is 19.1 Å². The van der Waals surface area contributed by atoms with E-state index in [1.165, 1.54) is 5.56 Å². The van der Waals surface area contributed by atoms with Crippen LogP contribution in [-0.4, -0.2) is 46.3 Å². The molecule has 2 rings (SSSR count). The highest BCUT2D eigenvalue weighted by Gasteiger charge is 2.29. The molecule has 0 spiro atoms. The van der Waals surface area contributed by atoms with Crippen molar-refractivity contribution in [1.82, 2.24) is 15.2 Å². The fourth-order valence-corrected chi connectivity index (χ4v) is 2.26. The predicted octanol–water partition coefficient (Wildman–Crippen LogP) is 0.626. The van der Waals surface area contributed by atoms with Crippen molar-refractivity contribution in [1.29, 1.82) is 0 Å². The van der Waals surface area contributed by atoms with Crippen molar-refractivity contribution in [3.05, 3.63) is 30.1 Å². The van der Waals surface area contributed by atoms with E-state index in [2.05, 4.69) is 22.1 Å². The zero-order valence-corrected chi connectivity index (χ0v) is 10.6. The lowest BCUT2D eigenvalue weighted by Gasteiger charge is -2.31. The van der Waals surface area contributed by atoms with Crippen LogP contribution in [-0.2, 0) is 6.54 Å². The molecule has 1 saturated heterocycles. The number of nitrogens with zero attached hydrogens (tertiary/aromatic N) is 2. The average molecular weight is 235 g/mol. The van der Waals surface area contributed by atoms with Crippen LogP contribution in [0.25, 0.3) is 0 Å². The average Bonchev–Trinajstić information content (AvgIpc) is 2.40. The number of hydrogen-bond acceptors (Lipinski definition) is 4. The third kappa shape index (κ3) is 3.49. The summed E-state index contributed by atoms with van der Waals surface area (Å²) in [4.78, 5) is 6.34. The Morgan fingerprint density at radius 1 is 1.53 bits per heavy atom. The van der Waals surface area contributed by atoms with E-state index in [1.807, 2.05) is 31.5 Å². The van der Waals surface area contributed by atoms with Crippen LogP contribution in [0, 0.1) is 0 Å². The minimum atomic E-state index is -0.655. The van der Waals surface area contributed by atoms with Crippen molar-refractivity contribution < 1.29 is 5.11 Å². The van der Waals surface area contributed by atoms with Gasteiger partial charge in [-0.3, -0.25) is 9.88 Å². The number of rotatable bonds is 2. The lowest BCUT2D eigenvalue weighted by atomic mass is 10.1. The van der Waals surface area contributed by atoms with Gasteiger partial charge in [0.2, 0.25) is 0 Å².